The Morgan fingerprint density at radius 2 is 2.31 bits per heavy atom. The lowest BCUT2D eigenvalue weighted by atomic mass is 10.00. The number of hydrogen-bond donors (Lipinski definition) is 1. The smallest absolute Gasteiger partial charge is 0.0514 e. The van der Waals surface area contributed by atoms with Gasteiger partial charge in [0.05, 0.1) is 6.04 Å². The first kappa shape index (κ1) is 8.24. The van der Waals surface area contributed by atoms with Crippen molar-refractivity contribution in [2.45, 2.75) is 28.8 Å². The van der Waals surface area contributed by atoms with E-state index in [4.69, 9.17) is 0 Å². The van der Waals surface area contributed by atoms with Gasteiger partial charge in [-0.3, -0.25) is 5.32 Å². The zero-order valence-corrected chi connectivity index (χ0v) is 9.49. The molecule has 0 amide bonds. The molecule has 3 unspecified atom stereocenters. The Hall–Kier alpha value is -0.0900. The molecule has 3 atom stereocenters. The van der Waals surface area contributed by atoms with Crippen molar-refractivity contribution >= 4 is 22.6 Å². The zero-order chi connectivity index (χ0) is 8.84. The van der Waals surface area contributed by atoms with Crippen LogP contribution in [0.25, 0.3) is 0 Å². The lowest BCUT2D eigenvalue weighted by molar-refractivity contribution is 0.618. The molecule has 1 N–H and O–H groups in total. The van der Waals surface area contributed by atoms with Crippen LogP contribution in [-0.4, -0.2) is 16.0 Å². The van der Waals surface area contributed by atoms with E-state index in [1.54, 1.807) is 11.1 Å². The lowest BCUT2D eigenvalue weighted by Crippen LogP contribution is -2.35. The van der Waals surface area contributed by atoms with E-state index in [9.17, 15) is 0 Å². The predicted octanol–water partition coefficient (Wildman–Crippen LogP) is 2.35. The highest BCUT2D eigenvalue weighted by atomic mass is 127. The molecule has 0 bridgehead atoms. The van der Waals surface area contributed by atoms with Crippen molar-refractivity contribution in [3.05, 3.63) is 35.5 Å². The fourth-order valence-corrected chi connectivity index (χ4v) is 3.50. The fourth-order valence-electron chi connectivity index (χ4n) is 2.55. The summed E-state index contributed by atoms with van der Waals surface area (Å²) in [5.41, 5.74) is 3.22. The van der Waals surface area contributed by atoms with Gasteiger partial charge in [-0.2, -0.15) is 0 Å². The van der Waals surface area contributed by atoms with Crippen molar-refractivity contribution < 1.29 is 0 Å². The second-order valence-corrected chi connectivity index (χ2v) is 5.50. The molecule has 0 saturated heterocycles. The molecule has 68 valence electrons. The van der Waals surface area contributed by atoms with Gasteiger partial charge >= 0.3 is 0 Å². The standard InChI is InChI=1S/C11H12IN/c12-9-6-5-8-7-3-1-2-4-10(7)13-11(8)9/h1-4,9-11,13H,5-6H2. The summed E-state index contributed by atoms with van der Waals surface area (Å²) in [5.74, 6) is 0. The van der Waals surface area contributed by atoms with E-state index >= 15 is 0 Å². The van der Waals surface area contributed by atoms with Gasteiger partial charge in [-0.05, 0) is 24.0 Å². The second-order valence-electron chi connectivity index (χ2n) is 3.90. The summed E-state index contributed by atoms with van der Waals surface area (Å²) in [4.78, 5) is 0. The van der Waals surface area contributed by atoms with Crippen molar-refractivity contribution in [2.24, 2.45) is 0 Å². The normalized spacial score (nSPS) is 41.2. The summed E-state index contributed by atoms with van der Waals surface area (Å²) < 4.78 is 0.799. The van der Waals surface area contributed by atoms with Crippen LogP contribution in [0.5, 0.6) is 0 Å². The Bertz CT molecular complexity index is 327. The third kappa shape index (κ3) is 1.15. The van der Waals surface area contributed by atoms with Crippen LogP contribution < -0.4 is 5.32 Å². The minimum Gasteiger partial charge on any atom is -0.299 e. The first-order valence-electron chi connectivity index (χ1n) is 4.84. The van der Waals surface area contributed by atoms with Crippen molar-refractivity contribution in [1.29, 1.82) is 0 Å². The second kappa shape index (κ2) is 2.95. The maximum absolute atomic E-state index is 3.68. The van der Waals surface area contributed by atoms with Gasteiger partial charge in [0.2, 0.25) is 0 Å². The Morgan fingerprint density at radius 1 is 1.38 bits per heavy atom. The Morgan fingerprint density at radius 3 is 3.23 bits per heavy atom. The highest BCUT2D eigenvalue weighted by Crippen LogP contribution is 2.39. The number of halogens is 1. The van der Waals surface area contributed by atoms with Crippen LogP contribution in [0.4, 0.5) is 0 Å². The van der Waals surface area contributed by atoms with E-state index in [2.05, 4.69) is 52.2 Å². The van der Waals surface area contributed by atoms with E-state index in [1.807, 2.05) is 0 Å². The summed E-state index contributed by atoms with van der Waals surface area (Å²) in [6.45, 7) is 0. The van der Waals surface area contributed by atoms with E-state index in [0.717, 1.165) is 3.92 Å². The molecule has 0 aromatic heterocycles. The molecule has 1 nitrogen and oxygen atoms in total. The zero-order valence-electron chi connectivity index (χ0n) is 7.33. The molecule has 1 fully saturated rings. The Balaban J connectivity index is 2.04. The number of hydrogen-bond acceptors (Lipinski definition) is 1. The molecular weight excluding hydrogens is 273 g/mol. The number of alkyl halides is 1. The van der Waals surface area contributed by atoms with Gasteiger partial charge in [0.25, 0.3) is 0 Å². The maximum Gasteiger partial charge on any atom is 0.0514 e. The summed E-state index contributed by atoms with van der Waals surface area (Å²) in [6, 6.07) is 1.18. The van der Waals surface area contributed by atoms with Gasteiger partial charge in [-0.1, -0.05) is 46.9 Å². The average Bonchev–Trinajstić information content (AvgIpc) is 2.67. The maximum atomic E-state index is 3.68. The minimum atomic E-state index is 0.516. The molecule has 3 aliphatic rings. The fraction of sp³-hybridized carbons (Fsp3) is 0.455. The largest absolute Gasteiger partial charge is 0.299 e. The van der Waals surface area contributed by atoms with E-state index in [0.29, 0.717) is 12.1 Å². The van der Waals surface area contributed by atoms with E-state index < -0.39 is 0 Å². The van der Waals surface area contributed by atoms with Crippen LogP contribution in [0.1, 0.15) is 12.8 Å². The minimum absolute atomic E-state index is 0.516. The summed E-state index contributed by atoms with van der Waals surface area (Å²) >= 11 is 2.58. The quantitative estimate of drug-likeness (QED) is 0.532. The molecule has 0 aromatic rings. The molecule has 2 heteroatoms. The van der Waals surface area contributed by atoms with Gasteiger partial charge in [0, 0.05) is 9.97 Å². The number of nitrogens with one attached hydrogen (secondary N) is 1. The average molecular weight is 285 g/mol. The van der Waals surface area contributed by atoms with Gasteiger partial charge in [0.15, 0.2) is 0 Å². The molecule has 1 saturated carbocycles. The van der Waals surface area contributed by atoms with Crippen LogP contribution in [-0.2, 0) is 0 Å². The van der Waals surface area contributed by atoms with Crippen LogP contribution in [0.3, 0.4) is 0 Å². The molecule has 1 aliphatic heterocycles. The van der Waals surface area contributed by atoms with Crippen LogP contribution in [0, 0.1) is 0 Å². The predicted molar refractivity (Wildman–Crippen MR) is 63.1 cm³/mol. The van der Waals surface area contributed by atoms with Crippen molar-refractivity contribution in [3.63, 3.8) is 0 Å². The SMILES string of the molecule is IC1CCC2=C3C=CC=CC3NC21. The van der Waals surface area contributed by atoms with Crippen LogP contribution in [0.15, 0.2) is 35.5 Å². The highest BCUT2D eigenvalue weighted by molar-refractivity contribution is 14.1. The summed E-state index contributed by atoms with van der Waals surface area (Å²) in [6.07, 6.45) is 11.5. The van der Waals surface area contributed by atoms with Gasteiger partial charge < -0.3 is 0 Å². The molecule has 13 heavy (non-hydrogen) atoms. The van der Waals surface area contributed by atoms with E-state index in [1.165, 1.54) is 12.8 Å². The molecule has 1 heterocycles. The molecular formula is C11H12IN. The summed E-state index contributed by atoms with van der Waals surface area (Å²) in [5, 5.41) is 3.68. The third-order valence-corrected chi connectivity index (χ3v) is 4.52. The van der Waals surface area contributed by atoms with Crippen molar-refractivity contribution in [2.75, 3.05) is 0 Å². The van der Waals surface area contributed by atoms with Crippen molar-refractivity contribution in [3.8, 4) is 0 Å². The molecule has 0 radical (unpaired) electrons. The van der Waals surface area contributed by atoms with Crippen molar-refractivity contribution in [1.82, 2.24) is 5.32 Å². The Kier molecular flexibility index (Phi) is 1.87. The molecule has 0 aromatic carbocycles. The van der Waals surface area contributed by atoms with Gasteiger partial charge in [-0.25, -0.2) is 0 Å². The van der Waals surface area contributed by atoms with Gasteiger partial charge in [-0.15, -0.1) is 0 Å². The Labute approximate surface area is 92.1 Å². The van der Waals surface area contributed by atoms with Crippen LogP contribution >= 0.6 is 22.6 Å². The number of rotatable bonds is 0. The molecule has 3 rings (SSSR count). The highest BCUT2D eigenvalue weighted by Gasteiger charge is 2.38. The monoisotopic (exact) mass is 285 g/mol. The summed E-state index contributed by atoms with van der Waals surface area (Å²) in [7, 11) is 0. The molecule has 0 spiro atoms. The first-order valence-corrected chi connectivity index (χ1v) is 6.09. The van der Waals surface area contributed by atoms with Crippen LogP contribution in [0.2, 0.25) is 0 Å². The third-order valence-electron chi connectivity index (χ3n) is 3.18. The number of allylic oxidation sites excluding steroid dienone is 2. The number of fused-ring (bicyclic) bond motifs is 2. The first-order chi connectivity index (χ1) is 6.36. The lowest BCUT2D eigenvalue weighted by Gasteiger charge is -2.15. The van der Waals surface area contributed by atoms with Gasteiger partial charge in [0.1, 0.15) is 0 Å². The molecule has 2 aliphatic carbocycles. The van der Waals surface area contributed by atoms with E-state index in [-0.39, 0.29) is 0 Å². The topological polar surface area (TPSA) is 12.0 Å².